The Labute approximate surface area is 184 Å². The van der Waals surface area contributed by atoms with Crippen molar-refractivity contribution in [1.82, 2.24) is 15.1 Å². The van der Waals surface area contributed by atoms with E-state index in [1.54, 1.807) is 24.3 Å². The van der Waals surface area contributed by atoms with E-state index in [0.717, 1.165) is 32.7 Å². The smallest absolute Gasteiger partial charge is 0.475 e. The standard InChI is InChI=1S/C17H27ClN4O2.C2HF3O2/c1-2-7-21-8-10-22(11-9-21)13-16(23)12-19-17(24)20-15-5-3-14(18)4-6-15;3-2(4,5)1(6)7/h3-6,16,23H,2,7-13H2,1H3,(H2,19,20,24);(H,6,7). The van der Waals surface area contributed by atoms with Crippen molar-refractivity contribution in [2.24, 2.45) is 0 Å². The van der Waals surface area contributed by atoms with Gasteiger partial charge in [-0.15, -0.1) is 0 Å². The number of urea groups is 1. The molecule has 1 saturated heterocycles. The van der Waals surface area contributed by atoms with Crippen LogP contribution in [-0.4, -0.2) is 90.1 Å². The maximum Gasteiger partial charge on any atom is 0.490 e. The molecule has 1 fully saturated rings. The van der Waals surface area contributed by atoms with Crippen molar-refractivity contribution in [2.45, 2.75) is 25.6 Å². The number of amides is 2. The number of carboxylic acid groups (broad SMARTS) is 1. The quantitative estimate of drug-likeness (QED) is 0.490. The van der Waals surface area contributed by atoms with Gasteiger partial charge in [0, 0.05) is 50.0 Å². The average molecular weight is 469 g/mol. The predicted molar refractivity (Wildman–Crippen MR) is 111 cm³/mol. The van der Waals surface area contributed by atoms with E-state index in [1.165, 1.54) is 6.42 Å². The number of aliphatic hydroxyl groups excluding tert-OH is 1. The van der Waals surface area contributed by atoms with Gasteiger partial charge in [-0.25, -0.2) is 9.59 Å². The maximum atomic E-state index is 11.8. The zero-order valence-electron chi connectivity index (χ0n) is 17.2. The SMILES string of the molecule is CCCN1CCN(CC(O)CNC(=O)Nc2ccc(Cl)cc2)CC1.O=C(O)C(F)(F)F. The Bertz CT molecular complexity index is 684. The van der Waals surface area contributed by atoms with Crippen molar-refractivity contribution in [1.29, 1.82) is 0 Å². The highest BCUT2D eigenvalue weighted by molar-refractivity contribution is 6.30. The minimum absolute atomic E-state index is 0.231. The van der Waals surface area contributed by atoms with Crippen molar-refractivity contribution < 1.29 is 33.0 Å². The van der Waals surface area contributed by atoms with Gasteiger partial charge >= 0.3 is 18.2 Å². The molecule has 1 aliphatic rings. The van der Waals surface area contributed by atoms with E-state index >= 15 is 0 Å². The van der Waals surface area contributed by atoms with Crippen LogP contribution < -0.4 is 10.6 Å². The van der Waals surface area contributed by atoms with Crippen LogP contribution in [0.15, 0.2) is 24.3 Å². The van der Waals surface area contributed by atoms with Crippen LogP contribution in [0.3, 0.4) is 0 Å². The average Bonchev–Trinajstić information content (AvgIpc) is 2.70. The topological polar surface area (TPSA) is 105 Å². The number of halogens is 4. The number of carbonyl (C=O) groups excluding carboxylic acids is 1. The molecule has 0 aromatic heterocycles. The number of benzene rings is 1. The zero-order valence-corrected chi connectivity index (χ0v) is 17.9. The molecule has 1 atom stereocenters. The number of aliphatic hydroxyl groups is 1. The van der Waals surface area contributed by atoms with Crippen molar-refractivity contribution >= 4 is 29.3 Å². The first-order valence-corrected chi connectivity index (χ1v) is 10.1. The van der Waals surface area contributed by atoms with Gasteiger partial charge in [0.25, 0.3) is 0 Å². The van der Waals surface area contributed by atoms with Crippen LogP contribution in [0.25, 0.3) is 0 Å². The zero-order chi connectivity index (χ0) is 23.4. The molecule has 0 aliphatic carbocycles. The number of hydrogen-bond donors (Lipinski definition) is 4. The van der Waals surface area contributed by atoms with E-state index in [1.807, 2.05) is 0 Å². The van der Waals surface area contributed by atoms with Crippen LogP contribution in [-0.2, 0) is 4.79 Å². The molecule has 1 aromatic rings. The Balaban J connectivity index is 0.000000592. The monoisotopic (exact) mass is 468 g/mol. The molecular formula is C19H28ClF3N4O4. The number of hydrogen-bond acceptors (Lipinski definition) is 5. The lowest BCUT2D eigenvalue weighted by Gasteiger charge is -2.35. The summed E-state index contributed by atoms with van der Waals surface area (Å²) in [6.45, 7) is 8.17. The summed E-state index contributed by atoms with van der Waals surface area (Å²) in [5, 5.41) is 23.3. The fraction of sp³-hybridized carbons (Fsp3) is 0.579. The fourth-order valence-corrected chi connectivity index (χ4v) is 2.92. The van der Waals surface area contributed by atoms with Crippen molar-refractivity contribution in [2.75, 3.05) is 51.1 Å². The van der Waals surface area contributed by atoms with E-state index < -0.39 is 18.2 Å². The molecule has 8 nitrogen and oxygen atoms in total. The number of aliphatic carboxylic acids is 1. The Hall–Kier alpha value is -2.08. The molecule has 2 amide bonds. The molecule has 1 heterocycles. The molecule has 12 heteroatoms. The van der Waals surface area contributed by atoms with Crippen LogP contribution in [0.4, 0.5) is 23.7 Å². The lowest BCUT2D eigenvalue weighted by Crippen LogP contribution is -2.50. The van der Waals surface area contributed by atoms with Gasteiger partial charge in [-0.05, 0) is 37.2 Å². The highest BCUT2D eigenvalue weighted by Gasteiger charge is 2.38. The highest BCUT2D eigenvalue weighted by atomic mass is 35.5. The molecule has 1 aliphatic heterocycles. The number of nitrogens with zero attached hydrogens (tertiary/aromatic N) is 2. The number of alkyl halides is 3. The molecule has 0 bridgehead atoms. The number of rotatable bonds is 7. The maximum absolute atomic E-state index is 11.8. The molecule has 0 spiro atoms. The number of β-amino-alcohol motifs (C(OH)–C–C–N with tert-alkyl or cyclic N) is 1. The molecule has 31 heavy (non-hydrogen) atoms. The third-order valence-corrected chi connectivity index (χ3v) is 4.57. The number of anilines is 1. The predicted octanol–water partition coefficient (Wildman–Crippen LogP) is 2.48. The molecular weight excluding hydrogens is 441 g/mol. The second kappa shape index (κ2) is 13.4. The summed E-state index contributed by atoms with van der Waals surface area (Å²) < 4.78 is 31.7. The van der Waals surface area contributed by atoms with E-state index in [2.05, 4.69) is 27.4 Å². The van der Waals surface area contributed by atoms with Crippen LogP contribution in [0, 0.1) is 0 Å². The van der Waals surface area contributed by atoms with Gasteiger partial charge in [0.15, 0.2) is 0 Å². The molecule has 2 rings (SSSR count). The van der Waals surface area contributed by atoms with Crippen molar-refractivity contribution in [3.63, 3.8) is 0 Å². The van der Waals surface area contributed by atoms with Crippen LogP contribution in [0.1, 0.15) is 13.3 Å². The molecule has 1 aromatic carbocycles. The summed E-state index contributed by atoms with van der Waals surface area (Å²) >= 11 is 5.80. The first-order valence-electron chi connectivity index (χ1n) is 9.74. The van der Waals surface area contributed by atoms with Gasteiger partial charge in [0.1, 0.15) is 0 Å². The molecule has 0 saturated carbocycles. The fourth-order valence-electron chi connectivity index (χ4n) is 2.79. The first-order chi connectivity index (χ1) is 14.5. The second-order valence-electron chi connectivity index (χ2n) is 6.94. The lowest BCUT2D eigenvalue weighted by atomic mass is 10.2. The van der Waals surface area contributed by atoms with Gasteiger partial charge in [-0.2, -0.15) is 13.2 Å². The summed E-state index contributed by atoms with van der Waals surface area (Å²) in [4.78, 5) is 25.4. The van der Waals surface area contributed by atoms with Gasteiger partial charge < -0.3 is 25.7 Å². The Morgan fingerprint density at radius 3 is 2.13 bits per heavy atom. The number of piperazine rings is 1. The largest absolute Gasteiger partial charge is 0.490 e. The van der Waals surface area contributed by atoms with Gasteiger partial charge in [0.2, 0.25) is 0 Å². The molecule has 0 radical (unpaired) electrons. The van der Waals surface area contributed by atoms with Gasteiger partial charge in [-0.1, -0.05) is 18.5 Å². The summed E-state index contributed by atoms with van der Waals surface area (Å²) in [7, 11) is 0. The highest BCUT2D eigenvalue weighted by Crippen LogP contribution is 2.13. The Morgan fingerprint density at radius 1 is 1.13 bits per heavy atom. The molecule has 176 valence electrons. The van der Waals surface area contributed by atoms with Crippen LogP contribution in [0.2, 0.25) is 5.02 Å². The Kier molecular flexibility index (Phi) is 11.6. The van der Waals surface area contributed by atoms with Gasteiger partial charge in [-0.3, -0.25) is 4.90 Å². The lowest BCUT2D eigenvalue weighted by molar-refractivity contribution is -0.192. The number of carbonyl (C=O) groups is 2. The molecule has 4 N–H and O–H groups in total. The van der Waals surface area contributed by atoms with Crippen LogP contribution >= 0.6 is 11.6 Å². The van der Waals surface area contributed by atoms with E-state index in [-0.39, 0.29) is 12.6 Å². The normalized spacial score (nSPS) is 16.1. The summed E-state index contributed by atoms with van der Waals surface area (Å²) in [5.74, 6) is -2.76. The third kappa shape index (κ3) is 11.8. The third-order valence-electron chi connectivity index (χ3n) is 4.32. The first kappa shape index (κ1) is 27.0. The minimum atomic E-state index is -5.08. The number of nitrogens with one attached hydrogen (secondary N) is 2. The van der Waals surface area contributed by atoms with E-state index in [4.69, 9.17) is 21.5 Å². The molecule has 1 unspecified atom stereocenters. The van der Waals surface area contributed by atoms with Crippen LogP contribution in [0.5, 0.6) is 0 Å². The second-order valence-corrected chi connectivity index (χ2v) is 7.38. The number of carboxylic acids is 1. The van der Waals surface area contributed by atoms with Crippen molar-refractivity contribution in [3.8, 4) is 0 Å². The summed E-state index contributed by atoms with van der Waals surface area (Å²) in [6, 6.07) is 6.56. The van der Waals surface area contributed by atoms with Crippen molar-refractivity contribution in [3.05, 3.63) is 29.3 Å². The minimum Gasteiger partial charge on any atom is -0.475 e. The van der Waals surface area contributed by atoms with Gasteiger partial charge in [0.05, 0.1) is 6.10 Å². The summed E-state index contributed by atoms with van der Waals surface area (Å²) in [6.07, 6.45) is -4.48. The van der Waals surface area contributed by atoms with E-state index in [0.29, 0.717) is 17.3 Å². The summed E-state index contributed by atoms with van der Waals surface area (Å²) in [5.41, 5.74) is 0.665. The van der Waals surface area contributed by atoms with E-state index in [9.17, 15) is 23.1 Å². The Morgan fingerprint density at radius 2 is 1.65 bits per heavy atom.